The number of hydrogen-bond acceptors (Lipinski definition) is 4. The first-order chi connectivity index (χ1) is 8.70. The van der Waals surface area contributed by atoms with Crippen molar-refractivity contribution in [2.45, 2.75) is 19.4 Å². The van der Waals surface area contributed by atoms with Gasteiger partial charge in [0.25, 0.3) is 5.91 Å². The van der Waals surface area contributed by atoms with E-state index in [2.05, 4.69) is 15.6 Å². The van der Waals surface area contributed by atoms with E-state index >= 15 is 0 Å². The van der Waals surface area contributed by atoms with Gasteiger partial charge in [-0.1, -0.05) is 11.6 Å². The molecule has 1 aliphatic rings. The standard InChI is InChI=1S/C12H16ClN3O2/c1-2-14-10-4-3-9(13)11(16-10)12(17)15-8-5-6-18-7-8/h3-4,8H,2,5-7H2,1H3,(H,14,16)(H,15,17). The molecule has 1 atom stereocenters. The number of nitrogens with zero attached hydrogens (tertiary/aromatic N) is 1. The summed E-state index contributed by atoms with van der Waals surface area (Å²) in [6.45, 7) is 3.94. The Morgan fingerprint density at radius 3 is 3.11 bits per heavy atom. The lowest BCUT2D eigenvalue weighted by Crippen LogP contribution is -2.35. The first-order valence-corrected chi connectivity index (χ1v) is 6.37. The van der Waals surface area contributed by atoms with Crippen molar-refractivity contribution >= 4 is 23.3 Å². The number of halogens is 1. The average Bonchev–Trinajstić information content (AvgIpc) is 2.84. The van der Waals surface area contributed by atoms with Crippen LogP contribution in [0.3, 0.4) is 0 Å². The van der Waals surface area contributed by atoms with E-state index in [-0.39, 0.29) is 17.6 Å². The summed E-state index contributed by atoms with van der Waals surface area (Å²) in [6.07, 6.45) is 0.830. The van der Waals surface area contributed by atoms with Crippen molar-refractivity contribution in [2.24, 2.45) is 0 Å². The summed E-state index contributed by atoms with van der Waals surface area (Å²) in [7, 11) is 0. The van der Waals surface area contributed by atoms with Crippen LogP contribution in [0.1, 0.15) is 23.8 Å². The summed E-state index contributed by atoms with van der Waals surface area (Å²) >= 11 is 5.99. The highest BCUT2D eigenvalue weighted by molar-refractivity contribution is 6.33. The van der Waals surface area contributed by atoms with Gasteiger partial charge in [-0.05, 0) is 25.5 Å². The number of amides is 1. The van der Waals surface area contributed by atoms with Gasteiger partial charge in [0.2, 0.25) is 0 Å². The first kappa shape index (κ1) is 13.1. The maximum absolute atomic E-state index is 12.0. The van der Waals surface area contributed by atoms with Crippen LogP contribution in [-0.2, 0) is 4.74 Å². The van der Waals surface area contributed by atoms with E-state index in [1.165, 1.54) is 0 Å². The Kier molecular flexibility index (Phi) is 4.38. The van der Waals surface area contributed by atoms with Crippen LogP contribution in [0, 0.1) is 0 Å². The lowest BCUT2D eigenvalue weighted by Gasteiger charge is -2.12. The minimum absolute atomic E-state index is 0.0538. The van der Waals surface area contributed by atoms with Gasteiger partial charge >= 0.3 is 0 Å². The molecule has 1 aromatic heterocycles. The van der Waals surface area contributed by atoms with E-state index in [1.54, 1.807) is 12.1 Å². The van der Waals surface area contributed by atoms with Gasteiger partial charge in [0, 0.05) is 13.2 Å². The van der Waals surface area contributed by atoms with Crippen molar-refractivity contribution in [3.05, 3.63) is 22.8 Å². The molecule has 1 saturated heterocycles. The average molecular weight is 270 g/mol. The lowest BCUT2D eigenvalue weighted by atomic mass is 10.2. The van der Waals surface area contributed by atoms with Crippen LogP contribution in [0.4, 0.5) is 5.82 Å². The van der Waals surface area contributed by atoms with Gasteiger partial charge in [0.05, 0.1) is 17.7 Å². The van der Waals surface area contributed by atoms with Gasteiger partial charge in [-0.25, -0.2) is 4.98 Å². The third-order valence-corrected chi connectivity index (χ3v) is 2.99. The minimum atomic E-state index is -0.254. The Morgan fingerprint density at radius 1 is 1.61 bits per heavy atom. The fourth-order valence-corrected chi connectivity index (χ4v) is 1.97. The van der Waals surface area contributed by atoms with Crippen molar-refractivity contribution in [1.82, 2.24) is 10.3 Å². The van der Waals surface area contributed by atoms with Crippen LogP contribution in [-0.4, -0.2) is 36.7 Å². The summed E-state index contributed by atoms with van der Waals surface area (Å²) in [5, 5.41) is 6.27. The quantitative estimate of drug-likeness (QED) is 0.873. The number of ether oxygens (including phenoxy) is 1. The number of rotatable bonds is 4. The zero-order chi connectivity index (χ0) is 13.0. The molecule has 1 amide bonds. The molecule has 18 heavy (non-hydrogen) atoms. The molecule has 1 aliphatic heterocycles. The fraction of sp³-hybridized carbons (Fsp3) is 0.500. The molecule has 1 aromatic rings. The number of pyridine rings is 1. The second-order valence-electron chi connectivity index (χ2n) is 4.09. The number of hydrogen-bond donors (Lipinski definition) is 2. The summed E-state index contributed by atoms with van der Waals surface area (Å²) < 4.78 is 5.21. The topological polar surface area (TPSA) is 63.2 Å². The Hall–Kier alpha value is -1.33. The highest BCUT2D eigenvalue weighted by atomic mass is 35.5. The van der Waals surface area contributed by atoms with Gasteiger partial charge in [-0.3, -0.25) is 4.79 Å². The lowest BCUT2D eigenvalue weighted by molar-refractivity contribution is 0.0925. The normalized spacial score (nSPS) is 18.7. The maximum Gasteiger partial charge on any atom is 0.271 e. The minimum Gasteiger partial charge on any atom is -0.379 e. The van der Waals surface area contributed by atoms with Crippen LogP contribution in [0.5, 0.6) is 0 Å². The van der Waals surface area contributed by atoms with E-state index in [4.69, 9.17) is 16.3 Å². The smallest absolute Gasteiger partial charge is 0.271 e. The Balaban J connectivity index is 2.09. The molecular formula is C12H16ClN3O2. The predicted octanol–water partition coefficient (Wildman–Crippen LogP) is 1.69. The number of carbonyl (C=O) groups is 1. The summed E-state index contributed by atoms with van der Waals surface area (Å²) in [4.78, 5) is 16.2. The molecule has 2 rings (SSSR count). The van der Waals surface area contributed by atoms with E-state index in [0.717, 1.165) is 13.0 Å². The monoisotopic (exact) mass is 269 g/mol. The van der Waals surface area contributed by atoms with Gasteiger partial charge in [0.15, 0.2) is 0 Å². The molecule has 0 aliphatic carbocycles. The molecule has 0 saturated carbocycles. The molecule has 5 nitrogen and oxygen atoms in total. The third-order valence-electron chi connectivity index (χ3n) is 2.68. The molecular weight excluding hydrogens is 254 g/mol. The zero-order valence-electron chi connectivity index (χ0n) is 10.2. The highest BCUT2D eigenvalue weighted by Crippen LogP contribution is 2.17. The van der Waals surface area contributed by atoms with Crippen molar-refractivity contribution in [3.63, 3.8) is 0 Å². The van der Waals surface area contributed by atoms with Gasteiger partial charge in [-0.2, -0.15) is 0 Å². The molecule has 0 spiro atoms. The largest absolute Gasteiger partial charge is 0.379 e. The van der Waals surface area contributed by atoms with Crippen molar-refractivity contribution in [3.8, 4) is 0 Å². The molecule has 0 radical (unpaired) electrons. The van der Waals surface area contributed by atoms with Crippen molar-refractivity contribution in [2.75, 3.05) is 25.1 Å². The first-order valence-electron chi connectivity index (χ1n) is 5.99. The molecule has 0 bridgehead atoms. The van der Waals surface area contributed by atoms with Crippen LogP contribution in [0.15, 0.2) is 12.1 Å². The number of nitrogens with one attached hydrogen (secondary N) is 2. The molecule has 2 heterocycles. The maximum atomic E-state index is 12.0. The summed E-state index contributed by atoms with van der Waals surface area (Å²) in [6, 6.07) is 3.48. The second-order valence-corrected chi connectivity index (χ2v) is 4.50. The van der Waals surface area contributed by atoms with E-state index < -0.39 is 0 Å². The molecule has 1 unspecified atom stereocenters. The molecule has 6 heteroatoms. The zero-order valence-corrected chi connectivity index (χ0v) is 11.0. The van der Waals surface area contributed by atoms with E-state index in [9.17, 15) is 4.79 Å². The van der Waals surface area contributed by atoms with Gasteiger partial charge in [0.1, 0.15) is 11.5 Å². The van der Waals surface area contributed by atoms with E-state index in [1.807, 2.05) is 6.92 Å². The van der Waals surface area contributed by atoms with Crippen LogP contribution in [0.25, 0.3) is 0 Å². The Morgan fingerprint density at radius 2 is 2.44 bits per heavy atom. The predicted molar refractivity (Wildman–Crippen MR) is 70.1 cm³/mol. The van der Waals surface area contributed by atoms with Crippen molar-refractivity contribution < 1.29 is 9.53 Å². The van der Waals surface area contributed by atoms with Crippen LogP contribution < -0.4 is 10.6 Å². The van der Waals surface area contributed by atoms with Crippen LogP contribution >= 0.6 is 11.6 Å². The SMILES string of the molecule is CCNc1ccc(Cl)c(C(=O)NC2CCOC2)n1. The summed E-state index contributed by atoms with van der Waals surface area (Å²) in [5.74, 6) is 0.393. The third kappa shape index (κ3) is 3.11. The molecule has 2 N–H and O–H groups in total. The molecule has 98 valence electrons. The highest BCUT2D eigenvalue weighted by Gasteiger charge is 2.21. The van der Waals surface area contributed by atoms with Crippen LogP contribution in [0.2, 0.25) is 5.02 Å². The second kappa shape index (κ2) is 6.02. The Labute approximate surface area is 111 Å². The molecule has 1 fully saturated rings. The summed E-state index contributed by atoms with van der Waals surface area (Å²) in [5.41, 5.74) is 0.252. The van der Waals surface area contributed by atoms with Gasteiger partial charge in [-0.15, -0.1) is 0 Å². The number of anilines is 1. The fourth-order valence-electron chi connectivity index (χ4n) is 1.78. The molecule has 0 aromatic carbocycles. The number of carbonyl (C=O) groups excluding carboxylic acids is 1. The van der Waals surface area contributed by atoms with Crippen molar-refractivity contribution in [1.29, 1.82) is 0 Å². The Bertz CT molecular complexity index is 433. The number of aromatic nitrogens is 1. The van der Waals surface area contributed by atoms with Gasteiger partial charge < -0.3 is 15.4 Å². The van der Waals surface area contributed by atoms with E-state index in [0.29, 0.717) is 24.1 Å².